The van der Waals surface area contributed by atoms with Crippen molar-refractivity contribution < 1.29 is 9.84 Å². The van der Waals surface area contributed by atoms with Crippen LogP contribution in [0.5, 0.6) is 0 Å². The molecular formula is C10H16O2. The zero-order chi connectivity index (χ0) is 8.77. The van der Waals surface area contributed by atoms with Crippen LogP contribution in [0.3, 0.4) is 0 Å². The van der Waals surface area contributed by atoms with Crippen molar-refractivity contribution in [3.8, 4) is 0 Å². The predicted octanol–water partition coefficient (Wildman–Crippen LogP) is 1.49. The molecule has 3 atom stereocenters. The summed E-state index contributed by atoms with van der Waals surface area (Å²) in [5, 5.41) is 9.10. The van der Waals surface area contributed by atoms with E-state index in [0.29, 0.717) is 5.92 Å². The monoisotopic (exact) mass is 168 g/mol. The van der Waals surface area contributed by atoms with Gasteiger partial charge < -0.3 is 9.84 Å². The molecule has 0 radical (unpaired) electrons. The molecule has 0 aromatic carbocycles. The van der Waals surface area contributed by atoms with Crippen LogP contribution < -0.4 is 0 Å². The summed E-state index contributed by atoms with van der Waals surface area (Å²) in [5.74, 6) is 0.547. The highest BCUT2D eigenvalue weighted by molar-refractivity contribution is 5.16. The van der Waals surface area contributed by atoms with Gasteiger partial charge >= 0.3 is 0 Å². The summed E-state index contributed by atoms with van der Waals surface area (Å²) in [6.07, 6.45) is 4.83. The Bertz CT molecular complexity index is 222. The molecule has 2 nitrogen and oxygen atoms in total. The molecule has 0 unspecified atom stereocenters. The predicted molar refractivity (Wildman–Crippen MR) is 46.8 cm³/mol. The number of aliphatic hydroxyl groups excluding tert-OH is 1. The molecule has 1 fully saturated rings. The normalized spacial score (nSPS) is 46.1. The molecule has 2 heteroatoms. The quantitative estimate of drug-likeness (QED) is 0.601. The average molecular weight is 168 g/mol. The number of aliphatic hydroxyl groups is 1. The standard InChI is InChI=1S/C10H16O2/c1-7-3-4-8-9(5-7)12-10(8,2)6-11/h5,8-9,11H,3-4,6H2,1-2H3/t8-,9+,10-/m0/s1. The van der Waals surface area contributed by atoms with Crippen LogP contribution in [-0.4, -0.2) is 23.4 Å². The molecule has 12 heavy (non-hydrogen) atoms. The third-order valence-electron chi connectivity index (χ3n) is 3.20. The summed E-state index contributed by atoms with van der Waals surface area (Å²) in [7, 11) is 0. The van der Waals surface area contributed by atoms with Crippen LogP contribution >= 0.6 is 0 Å². The van der Waals surface area contributed by atoms with Crippen molar-refractivity contribution in [2.24, 2.45) is 5.92 Å². The Labute approximate surface area is 73.2 Å². The number of hydrogen-bond donors (Lipinski definition) is 1. The van der Waals surface area contributed by atoms with E-state index in [1.165, 1.54) is 18.4 Å². The average Bonchev–Trinajstić information content (AvgIpc) is 2.02. The lowest BCUT2D eigenvalue weighted by atomic mass is 9.72. The first-order chi connectivity index (χ1) is 5.65. The SMILES string of the molecule is CC1=C[C@H]2O[C@@](C)(CO)[C@H]2CC1. The molecule has 1 aliphatic carbocycles. The van der Waals surface area contributed by atoms with Gasteiger partial charge in [0, 0.05) is 5.92 Å². The minimum atomic E-state index is -0.248. The van der Waals surface area contributed by atoms with Crippen molar-refractivity contribution in [1.82, 2.24) is 0 Å². The van der Waals surface area contributed by atoms with Crippen LogP contribution in [0.4, 0.5) is 0 Å². The molecule has 68 valence electrons. The zero-order valence-electron chi connectivity index (χ0n) is 7.71. The van der Waals surface area contributed by atoms with E-state index in [1.807, 2.05) is 6.92 Å². The van der Waals surface area contributed by atoms with Gasteiger partial charge in [0.05, 0.1) is 18.3 Å². The summed E-state index contributed by atoms with van der Waals surface area (Å²) in [6, 6.07) is 0. The molecule has 1 saturated heterocycles. The van der Waals surface area contributed by atoms with Crippen LogP contribution in [0.15, 0.2) is 11.6 Å². The van der Waals surface area contributed by atoms with Gasteiger partial charge in [-0.2, -0.15) is 0 Å². The smallest absolute Gasteiger partial charge is 0.0948 e. The van der Waals surface area contributed by atoms with E-state index in [4.69, 9.17) is 9.84 Å². The molecule has 0 aromatic rings. The maximum atomic E-state index is 9.10. The highest BCUT2D eigenvalue weighted by Gasteiger charge is 2.51. The van der Waals surface area contributed by atoms with Crippen LogP contribution in [0.25, 0.3) is 0 Å². The van der Waals surface area contributed by atoms with E-state index in [0.717, 1.165) is 0 Å². The van der Waals surface area contributed by atoms with Gasteiger partial charge in [-0.3, -0.25) is 0 Å². The van der Waals surface area contributed by atoms with Gasteiger partial charge in [-0.05, 0) is 26.7 Å². The van der Waals surface area contributed by atoms with Gasteiger partial charge in [-0.25, -0.2) is 0 Å². The first kappa shape index (κ1) is 8.27. The van der Waals surface area contributed by atoms with Crippen molar-refractivity contribution in [1.29, 1.82) is 0 Å². The highest BCUT2D eigenvalue weighted by Crippen LogP contribution is 2.45. The van der Waals surface area contributed by atoms with Crippen LogP contribution in [0.1, 0.15) is 26.7 Å². The Kier molecular flexibility index (Phi) is 1.77. The fraction of sp³-hybridized carbons (Fsp3) is 0.800. The topological polar surface area (TPSA) is 29.5 Å². The zero-order valence-corrected chi connectivity index (χ0v) is 7.71. The van der Waals surface area contributed by atoms with E-state index in [2.05, 4.69) is 13.0 Å². The summed E-state index contributed by atoms with van der Waals surface area (Å²) < 4.78 is 5.62. The fourth-order valence-electron chi connectivity index (χ4n) is 2.28. The summed E-state index contributed by atoms with van der Waals surface area (Å²) in [5.41, 5.74) is 1.18. The molecule has 1 heterocycles. The summed E-state index contributed by atoms with van der Waals surface area (Å²) >= 11 is 0. The third kappa shape index (κ3) is 1.02. The Hall–Kier alpha value is -0.340. The van der Waals surface area contributed by atoms with E-state index < -0.39 is 0 Å². The number of hydrogen-bond acceptors (Lipinski definition) is 2. The third-order valence-corrected chi connectivity index (χ3v) is 3.20. The molecular weight excluding hydrogens is 152 g/mol. The van der Waals surface area contributed by atoms with Crippen molar-refractivity contribution in [3.05, 3.63) is 11.6 Å². The fourth-order valence-corrected chi connectivity index (χ4v) is 2.28. The summed E-state index contributed by atoms with van der Waals surface area (Å²) in [4.78, 5) is 0. The van der Waals surface area contributed by atoms with Gasteiger partial charge in [0.1, 0.15) is 0 Å². The molecule has 0 saturated carbocycles. The molecule has 0 spiro atoms. The number of fused-ring (bicyclic) bond motifs is 1. The summed E-state index contributed by atoms with van der Waals surface area (Å²) in [6.45, 7) is 4.30. The van der Waals surface area contributed by atoms with Gasteiger partial charge in [0.2, 0.25) is 0 Å². The number of rotatable bonds is 1. The van der Waals surface area contributed by atoms with E-state index in [9.17, 15) is 0 Å². The Morgan fingerprint density at radius 1 is 1.75 bits per heavy atom. The van der Waals surface area contributed by atoms with Gasteiger partial charge in [0.15, 0.2) is 0 Å². The highest BCUT2D eigenvalue weighted by atomic mass is 16.5. The molecule has 0 aromatic heterocycles. The largest absolute Gasteiger partial charge is 0.393 e. The Morgan fingerprint density at radius 2 is 2.50 bits per heavy atom. The van der Waals surface area contributed by atoms with Crippen molar-refractivity contribution in [2.45, 2.75) is 38.4 Å². The maximum absolute atomic E-state index is 9.10. The Morgan fingerprint density at radius 3 is 3.08 bits per heavy atom. The first-order valence-corrected chi connectivity index (χ1v) is 4.62. The van der Waals surface area contributed by atoms with Crippen LogP contribution in [0.2, 0.25) is 0 Å². The van der Waals surface area contributed by atoms with E-state index in [-0.39, 0.29) is 18.3 Å². The molecule has 2 aliphatic rings. The van der Waals surface area contributed by atoms with E-state index >= 15 is 0 Å². The minimum absolute atomic E-state index is 0.154. The lowest BCUT2D eigenvalue weighted by Crippen LogP contribution is -2.60. The second-order valence-corrected chi connectivity index (χ2v) is 4.21. The van der Waals surface area contributed by atoms with Crippen LogP contribution in [-0.2, 0) is 4.74 Å². The van der Waals surface area contributed by atoms with Gasteiger partial charge in [-0.15, -0.1) is 0 Å². The van der Waals surface area contributed by atoms with Gasteiger partial charge in [-0.1, -0.05) is 11.6 Å². The molecule has 1 aliphatic heterocycles. The van der Waals surface area contributed by atoms with Crippen molar-refractivity contribution in [3.63, 3.8) is 0 Å². The minimum Gasteiger partial charge on any atom is -0.393 e. The first-order valence-electron chi connectivity index (χ1n) is 4.62. The second kappa shape index (κ2) is 2.57. The van der Waals surface area contributed by atoms with Crippen molar-refractivity contribution >= 4 is 0 Å². The maximum Gasteiger partial charge on any atom is 0.0948 e. The molecule has 0 bridgehead atoms. The van der Waals surface area contributed by atoms with E-state index in [1.54, 1.807) is 0 Å². The number of allylic oxidation sites excluding steroid dienone is 1. The molecule has 1 N–H and O–H groups in total. The molecule has 0 amide bonds. The Balaban J connectivity index is 2.10. The molecule has 2 rings (SSSR count). The number of ether oxygens (including phenoxy) is 1. The lowest BCUT2D eigenvalue weighted by Gasteiger charge is -2.53. The van der Waals surface area contributed by atoms with Gasteiger partial charge in [0.25, 0.3) is 0 Å². The van der Waals surface area contributed by atoms with Crippen molar-refractivity contribution in [2.75, 3.05) is 6.61 Å². The van der Waals surface area contributed by atoms with Crippen LogP contribution in [0, 0.1) is 5.92 Å². The second-order valence-electron chi connectivity index (χ2n) is 4.21. The lowest BCUT2D eigenvalue weighted by molar-refractivity contribution is -0.251.